The average Bonchev–Trinajstić information content (AvgIpc) is 1.87. The Bertz CT molecular complexity index is 206. The Morgan fingerprint density at radius 1 is 1.00 bits per heavy atom. The molecule has 0 saturated heterocycles. The van der Waals surface area contributed by atoms with E-state index in [-0.39, 0.29) is 40.7 Å². The van der Waals surface area contributed by atoms with Crippen molar-refractivity contribution in [2.75, 3.05) is 0 Å². The minimum atomic E-state index is -0.710. The van der Waals surface area contributed by atoms with Crippen LogP contribution in [0.3, 0.4) is 0 Å². The number of esters is 2. The molecular formula is C8H11NaO3. The van der Waals surface area contributed by atoms with Crippen LogP contribution >= 0.6 is 0 Å². The summed E-state index contributed by atoms with van der Waals surface area (Å²) in [5, 5.41) is 0. The second kappa shape index (κ2) is 6.17. The van der Waals surface area contributed by atoms with Crippen LogP contribution in [0.4, 0.5) is 0 Å². The molecule has 0 aromatic carbocycles. The van der Waals surface area contributed by atoms with Gasteiger partial charge in [-0.3, -0.25) is 0 Å². The fourth-order valence-electron chi connectivity index (χ4n) is 0.258. The maximum atomic E-state index is 10.7. The minimum absolute atomic E-state index is 0. The first-order valence-corrected chi connectivity index (χ1v) is 3.02. The zero-order valence-electron chi connectivity index (χ0n) is 6.64. The number of carbonyl (C=O) groups excluding carboxylic acids is 2. The fraction of sp³-hybridized carbons (Fsp3) is 0.250. The molecule has 0 fully saturated rings. The van der Waals surface area contributed by atoms with Crippen LogP contribution in [0, 0.1) is 0 Å². The first-order valence-electron chi connectivity index (χ1n) is 3.02. The monoisotopic (exact) mass is 178 g/mol. The first-order chi connectivity index (χ1) is 4.95. The van der Waals surface area contributed by atoms with Gasteiger partial charge in [0.2, 0.25) is 0 Å². The Morgan fingerprint density at radius 2 is 1.25 bits per heavy atom. The Hall–Kier alpha value is -0.380. The number of rotatable bonds is 2. The van der Waals surface area contributed by atoms with Crippen LogP contribution in [-0.2, 0) is 14.3 Å². The summed E-state index contributed by atoms with van der Waals surface area (Å²) in [5.41, 5.74) is 0.388. The summed E-state index contributed by atoms with van der Waals surface area (Å²) in [6.07, 6.45) is 0. The number of hydrogen-bond donors (Lipinski definition) is 0. The molecule has 0 unspecified atom stereocenters. The molecule has 3 nitrogen and oxygen atoms in total. The Kier molecular flexibility index (Phi) is 7.28. The van der Waals surface area contributed by atoms with Crippen molar-refractivity contribution in [2.24, 2.45) is 0 Å². The van der Waals surface area contributed by atoms with Crippen molar-refractivity contribution in [1.82, 2.24) is 0 Å². The van der Waals surface area contributed by atoms with Crippen molar-refractivity contribution in [2.45, 2.75) is 13.8 Å². The van der Waals surface area contributed by atoms with Crippen LogP contribution in [0.1, 0.15) is 13.8 Å². The number of hydrogen-bond acceptors (Lipinski definition) is 3. The molecule has 4 heteroatoms. The molecule has 0 bridgehead atoms. The van der Waals surface area contributed by atoms with Gasteiger partial charge in [-0.15, -0.1) is 0 Å². The molecule has 0 aliphatic heterocycles. The van der Waals surface area contributed by atoms with Gasteiger partial charge in [-0.25, -0.2) is 9.59 Å². The standard InChI is InChI=1S/C8H10O3.Na.H/c1-5(2)7(9)11-8(10)6(3)4;;/h1,3H2,2,4H3;;. The summed E-state index contributed by atoms with van der Waals surface area (Å²) in [4.78, 5) is 21.3. The average molecular weight is 178 g/mol. The summed E-state index contributed by atoms with van der Waals surface area (Å²) in [6, 6.07) is 0. The molecule has 0 aromatic rings. The van der Waals surface area contributed by atoms with Gasteiger partial charge in [-0.05, 0) is 13.8 Å². The molecule has 0 aliphatic carbocycles. The molecule has 0 radical (unpaired) electrons. The van der Waals surface area contributed by atoms with E-state index >= 15 is 0 Å². The fourth-order valence-corrected chi connectivity index (χ4v) is 0.258. The van der Waals surface area contributed by atoms with Gasteiger partial charge in [0, 0.05) is 11.1 Å². The molecule has 0 atom stereocenters. The third-order valence-corrected chi connectivity index (χ3v) is 0.882. The number of carbonyl (C=O) groups is 2. The van der Waals surface area contributed by atoms with E-state index in [1.54, 1.807) is 0 Å². The summed E-state index contributed by atoms with van der Waals surface area (Å²) < 4.78 is 4.30. The second-order valence-corrected chi connectivity index (χ2v) is 2.24. The summed E-state index contributed by atoms with van der Waals surface area (Å²) in [5.74, 6) is -1.42. The molecule has 0 N–H and O–H groups in total. The van der Waals surface area contributed by atoms with Gasteiger partial charge in [0.05, 0.1) is 0 Å². The molecule has 0 rings (SSSR count). The Balaban J connectivity index is 0. The van der Waals surface area contributed by atoms with Crippen molar-refractivity contribution in [3.05, 3.63) is 24.3 Å². The van der Waals surface area contributed by atoms with Gasteiger partial charge in [-0.1, -0.05) is 13.2 Å². The van der Waals surface area contributed by atoms with Crippen LogP contribution in [-0.4, -0.2) is 41.5 Å². The van der Waals surface area contributed by atoms with Crippen molar-refractivity contribution in [1.29, 1.82) is 0 Å². The molecule has 0 saturated carbocycles. The molecular weight excluding hydrogens is 167 g/mol. The molecule has 0 aromatic heterocycles. The SMILES string of the molecule is C=C(C)C(=O)OC(=O)C(=C)C.[NaH]. The van der Waals surface area contributed by atoms with Crippen molar-refractivity contribution in [3.63, 3.8) is 0 Å². The molecule has 62 valence electrons. The van der Waals surface area contributed by atoms with E-state index in [9.17, 15) is 9.59 Å². The van der Waals surface area contributed by atoms with Gasteiger partial charge in [-0.2, -0.15) is 0 Å². The summed E-state index contributed by atoms with van der Waals surface area (Å²) in [6.45, 7) is 9.55. The van der Waals surface area contributed by atoms with E-state index in [0.29, 0.717) is 0 Å². The van der Waals surface area contributed by atoms with Crippen molar-refractivity contribution in [3.8, 4) is 0 Å². The zero-order chi connectivity index (χ0) is 9.02. The normalized spacial score (nSPS) is 7.83. The van der Waals surface area contributed by atoms with E-state index in [0.717, 1.165) is 0 Å². The zero-order valence-corrected chi connectivity index (χ0v) is 6.64. The topological polar surface area (TPSA) is 43.4 Å². The van der Waals surface area contributed by atoms with Crippen LogP contribution in [0.15, 0.2) is 24.3 Å². The molecule has 12 heavy (non-hydrogen) atoms. The second-order valence-electron chi connectivity index (χ2n) is 2.24. The van der Waals surface area contributed by atoms with Gasteiger partial charge >= 0.3 is 41.5 Å². The van der Waals surface area contributed by atoms with Gasteiger partial charge in [0.25, 0.3) is 0 Å². The van der Waals surface area contributed by atoms with Gasteiger partial charge < -0.3 is 4.74 Å². The van der Waals surface area contributed by atoms with Crippen molar-refractivity contribution < 1.29 is 14.3 Å². The Labute approximate surface area is 93.8 Å². The van der Waals surface area contributed by atoms with E-state index in [1.807, 2.05) is 0 Å². The van der Waals surface area contributed by atoms with Crippen LogP contribution in [0.2, 0.25) is 0 Å². The first kappa shape index (κ1) is 14.2. The predicted octanol–water partition coefficient (Wildman–Crippen LogP) is 0.560. The molecule has 0 spiro atoms. The predicted molar refractivity (Wildman–Crippen MR) is 47.9 cm³/mol. The molecule has 0 aliphatic rings. The summed E-state index contributed by atoms with van der Waals surface area (Å²) in [7, 11) is 0. The quantitative estimate of drug-likeness (QED) is 0.268. The third-order valence-electron chi connectivity index (χ3n) is 0.882. The Morgan fingerprint density at radius 3 is 1.42 bits per heavy atom. The van der Waals surface area contributed by atoms with Gasteiger partial charge in [0.1, 0.15) is 0 Å². The van der Waals surface area contributed by atoms with Gasteiger partial charge in [0.15, 0.2) is 0 Å². The summed E-state index contributed by atoms with van der Waals surface area (Å²) >= 11 is 0. The van der Waals surface area contributed by atoms with E-state index in [4.69, 9.17) is 0 Å². The molecule has 0 heterocycles. The van der Waals surface area contributed by atoms with Crippen LogP contribution in [0.25, 0.3) is 0 Å². The third kappa shape index (κ3) is 5.29. The van der Waals surface area contributed by atoms with Crippen LogP contribution in [0.5, 0.6) is 0 Å². The van der Waals surface area contributed by atoms with E-state index in [2.05, 4.69) is 17.9 Å². The number of ether oxygens (including phenoxy) is 1. The van der Waals surface area contributed by atoms with E-state index in [1.165, 1.54) is 13.8 Å². The van der Waals surface area contributed by atoms with Crippen LogP contribution < -0.4 is 0 Å². The molecule has 0 amide bonds. The van der Waals surface area contributed by atoms with Crippen molar-refractivity contribution >= 4 is 41.5 Å². The van der Waals surface area contributed by atoms with E-state index < -0.39 is 11.9 Å². The maximum absolute atomic E-state index is 10.7.